The molecule has 0 radical (unpaired) electrons. The molecule has 4 nitrogen and oxygen atoms in total. The smallest absolute Gasteiger partial charge is 0.228 e. The second-order valence-corrected chi connectivity index (χ2v) is 5.79. The van der Waals surface area contributed by atoms with E-state index in [9.17, 15) is 4.79 Å². The highest BCUT2D eigenvalue weighted by molar-refractivity contribution is 6.31. The summed E-state index contributed by atoms with van der Waals surface area (Å²) in [5, 5.41) is 3.51. The van der Waals surface area contributed by atoms with Crippen LogP contribution in [0.4, 0.5) is 11.4 Å². The van der Waals surface area contributed by atoms with Crippen LogP contribution in [0, 0.1) is 0 Å². The molecule has 0 aliphatic heterocycles. The van der Waals surface area contributed by atoms with Gasteiger partial charge in [0.1, 0.15) is 5.75 Å². The van der Waals surface area contributed by atoms with Crippen LogP contribution >= 0.6 is 11.6 Å². The summed E-state index contributed by atoms with van der Waals surface area (Å²) in [6.07, 6.45) is 0.297. The maximum absolute atomic E-state index is 12.3. The molecule has 122 valence electrons. The Morgan fingerprint density at radius 3 is 2.48 bits per heavy atom. The van der Waals surface area contributed by atoms with Gasteiger partial charge in [0.2, 0.25) is 5.91 Å². The van der Waals surface area contributed by atoms with E-state index >= 15 is 0 Å². The molecule has 0 spiro atoms. The summed E-state index contributed by atoms with van der Waals surface area (Å²) in [7, 11) is 3.84. The van der Waals surface area contributed by atoms with Gasteiger partial charge in [-0.2, -0.15) is 0 Å². The largest absolute Gasteiger partial charge is 0.494 e. The molecule has 1 N–H and O–H groups in total. The lowest BCUT2D eigenvalue weighted by molar-refractivity contribution is -0.115. The lowest BCUT2D eigenvalue weighted by Gasteiger charge is -2.18. The van der Waals surface area contributed by atoms with Crippen molar-refractivity contribution in [3.63, 3.8) is 0 Å². The van der Waals surface area contributed by atoms with Gasteiger partial charge in [0, 0.05) is 19.1 Å². The fraction of sp³-hybridized carbons (Fsp3) is 0.278. The van der Waals surface area contributed by atoms with Gasteiger partial charge in [0.15, 0.2) is 0 Å². The predicted molar refractivity (Wildman–Crippen MR) is 95.7 cm³/mol. The number of rotatable bonds is 6. The van der Waals surface area contributed by atoms with Gasteiger partial charge >= 0.3 is 0 Å². The number of hydrogen-bond donors (Lipinski definition) is 1. The summed E-state index contributed by atoms with van der Waals surface area (Å²) < 4.78 is 5.40. The summed E-state index contributed by atoms with van der Waals surface area (Å²) in [4.78, 5) is 14.2. The van der Waals surface area contributed by atoms with E-state index in [1.54, 1.807) is 12.1 Å². The third-order valence-electron chi connectivity index (χ3n) is 3.31. The van der Waals surface area contributed by atoms with Gasteiger partial charge < -0.3 is 15.0 Å². The molecule has 0 heterocycles. The van der Waals surface area contributed by atoms with E-state index in [4.69, 9.17) is 16.3 Å². The van der Waals surface area contributed by atoms with Crippen molar-refractivity contribution in [3.8, 4) is 5.75 Å². The fourth-order valence-electron chi connectivity index (χ4n) is 2.25. The molecule has 0 saturated carbocycles. The van der Waals surface area contributed by atoms with Crippen LogP contribution in [-0.4, -0.2) is 26.6 Å². The molecule has 0 saturated heterocycles. The number of nitrogens with zero attached hydrogens (tertiary/aromatic N) is 1. The Kier molecular flexibility index (Phi) is 5.88. The molecule has 0 aliphatic carbocycles. The number of halogens is 1. The van der Waals surface area contributed by atoms with Crippen molar-refractivity contribution in [3.05, 3.63) is 53.1 Å². The molecule has 0 aromatic heterocycles. The predicted octanol–water partition coefficient (Wildman–Crippen LogP) is 3.99. The van der Waals surface area contributed by atoms with Gasteiger partial charge in [0.05, 0.1) is 24.4 Å². The number of carbonyl (C=O) groups is 1. The lowest BCUT2D eigenvalue weighted by atomic mass is 10.1. The van der Waals surface area contributed by atoms with Crippen LogP contribution in [0.3, 0.4) is 0 Å². The second kappa shape index (κ2) is 7.88. The van der Waals surface area contributed by atoms with E-state index in [1.165, 1.54) is 0 Å². The van der Waals surface area contributed by atoms with Crippen molar-refractivity contribution in [2.45, 2.75) is 13.3 Å². The van der Waals surface area contributed by atoms with Gasteiger partial charge in [-0.3, -0.25) is 4.79 Å². The molecule has 5 heteroatoms. The minimum atomic E-state index is -0.0838. The number of carbonyl (C=O) groups excluding carboxylic acids is 1. The van der Waals surface area contributed by atoms with Crippen LogP contribution in [0.25, 0.3) is 0 Å². The van der Waals surface area contributed by atoms with Crippen LogP contribution < -0.4 is 15.0 Å². The highest BCUT2D eigenvalue weighted by Gasteiger charge is 2.10. The van der Waals surface area contributed by atoms with Crippen molar-refractivity contribution in [2.75, 3.05) is 30.9 Å². The van der Waals surface area contributed by atoms with E-state index in [1.807, 2.05) is 56.3 Å². The number of ether oxygens (including phenoxy) is 1. The zero-order valence-corrected chi connectivity index (χ0v) is 14.4. The third-order valence-corrected chi connectivity index (χ3v) is 3.55. The molecular formula is C18H21ClN2O2. The average molecular weight is 333 g/mol. The van der Waals surface area contributed by atoms with Gasteiger partial charge in [-0.15, -0.1) is 0 Å². The normalized spacial score (nSPS) is 10.3. The van der Waals surface area contributed by atoms with Crippen molar-refractivity contribution < 1.29 is 9.53 Å². The number of amides is 1. The number of anilines is 2. The molecule has 0 unspecified atom stereocenters. The zero-order chi connectivity index (χ0) is 16.8. The van der Waals surface area contributed by atoms with E-state index in [-0.39, 0.29) is 5.91 Å². The Hall–Kier alpha value is -2.20. The van der Waals surface area contributed by atoms with Crippen molar-refractivity contribution in [1.82, 2.24) is 0 Å². The maximum atomic E-state index is 12.3. The first-order valence-corrected chi connectivity index (χ1v) is 7.86. The van der Waals surface area contributed by atoms with Crippen LogP contribution in [-0.2, 0) is 11.2 Å². The molecule has 1 amide bonds. The highest BCUT2D eigenvalue weighted by Crippen LogP contribution is 2.28. The van der Waals surface area contributed by atoms with E-state index in [0.717, 1.165) is 17.0 Å². The van der Waals surface area contributed by atoms with E-state index in [0.29, 0.717) is 23.7 Å². The lowest BCUT2D eigenvalue weighted by Crippen LogP contribution is -2.18. The van der Waals surface area contributed by atoms with E-state index < -0.39 is 0 Å². The van der Waals surface area contributed by atoms with Crippen LogP contribution in [0.15, 0.2) is 42.5 Å². The molecule has 2 aromatic carbocycles. The standard InChI is InChI=1S/C18H21ClN2O2/c1-4-23-15-8-5-13(6-9-15)11-18(22)20-16-12-14(19)7-10-17(16)21(2)3/h5-10,12H,4,11H2,1-3H3,(H,20,22). The SMILES string of the molecule is CCOc1ccc(CC(=O)Nc2cc(Cl)ccc2N(C)C)cc1. The van der Waals surface area contributed by atoms with Crippen LogP contribution in [0.5, 0.6) is 5.75 Å². The molecular weight excluding hydrogens is 312 g/mol. The Balaban J connectivity index is 2.06. The van der Waals surface area contributed by atoms with Crippen molar-refractivity contribution >= 4 is 28.9 Å². The molecule has 2 rings (SSSR count). The maximum Gasteiger partial charge on any atom is 0.228 e. The molecule has 2 aromatic rings. The first kappa shape index (κ1) is 17.2. The van der Waals surface area contributed by atoms with Gasteiger partial charge in [-0.05, 0) is 42.8 Å². The van der Waals surface area contributed by atoms with Gasteiger partial charge in [-0.25, -0.2) is 0 Å². The van der Waals surface area contributed by atoms with Gasteiger partial charge in [-0.1, -0.05) is 23.7 Å². The number of nitrogens with one attached hydrogen (secondary N) is 1. The summed E-state index contributed by atoms with van der Waals surface area (Å²) in [6, 6.07) is 13.0. The minimum Gasteiger partial charge on any atom is -0.494 e. The van der Waals surface area contributed by atoms with Crippen molar-refractivity contribution in [1.29, 1.82) is 0 Å². The summed E-state index contributed by atoms with van der Waals surface area (Å²) in [6.45, 7) is 2.57. The second-order valence-electron chi connectivity index (χ2n) is 5.36. The molecule has 0 bridgehead atoms. The average Bonchev–Trinajstić information content (AvgIpc) is 2.49. The Morgan fingerprint density at radius 2 is 1.87 bits per heavy atom. The van der Waals surface area contributed by atoms with Crippen LogP contribution in [0.1, 0.15) is 12.5 Å². The summed E-state index contributed by atoms with van der Waals surface area (Å²) in [5.74, 6) is 0.723. The number of benzene rings is 2. The van der Waals surface area contributed by atoms with Gasteiger partial charge in [0.25, 0.3) is 0 Å². The first-order chi connectivity index (χ1) is 11.0. The number of hydrogen-bond acceptors (Lipinski definition) is 3. The Labute approximate surface area is 142 Å². The minimum absolute atomic E-state index is 0.0838. The first-order valence-electron chi connectivity index (χ1n) is 7.48. The summed E-state index contributed by atoms with van der Waals surface area (Å²) in [5.41, 5.74) is 2.55. The monoisotopic (exact) mass is 332 g/mol. The fourth-order valence-corrected chi connectivity index (χ4v) is 2.42. The third kappa shape index (κ3) is 4.89. The van der Waals surface area contributed by atoms with E-state index in [2.05, 4.69) is 5.32 Å². The quantitative estimate of drug-likeness (QED) is 0.869. The molecule has 0 fully saturated rings. The highest BCUT2D eigenvalue weighted by atomic mass is 35.5. The molecule has 0 atom stereocenters. The molecule has 0 aliphatic rings. The topological polar surface area (TPSA) is 41.6 Å². The zero-order valence-electron chi connectivity index (χ0n) is 13.6. The Morgan fingerprint density at radius 1 is 1.17 bits per heavy atom. The molecule has 23 heavy (non-hydrogen) atoms. The van der Waals surface area contributed by atoms with Crippen LogP contribution in [0.2, 0.25) is 5.02 Å². The Bertz CT molecular complexity index is 669. The van der Waals surface area contributed by atoms with Crippen molar-refractivity contribution in [2.24, 2.45) is 0 Å². The summed E-state index contributed by atoms with van der Waals surface area (Å²) >= 11 is 6.03.